The van der Waals surface area contributed by atoms with E-state index in [2.05, 4.69) is 5.32 Å². The van der Waals surface area contributed by atoms with Crippen molar-refractivity contribution in [2.75, 3.05) is 14.2 Å². The summed E-state index contributed by atoms with van der Waals surface area (Å²) in [6.07, 6.45) is 3.07. The number of amides is 2. The first-order chi connectivity index (χ1) is 18.3. The van der Waals surface area contributed by atoms with E-state index >= 15 is 0 Å². The van der Waals surface area contributed by atoms with Gasteiger partial charge in [0, 0.05) is 37.4 Å². The van der Waals surface area contributed by atoms with Crippen molar-refractivity contribution in [1.29, 1.82) is 0 Å². The third kappa shape index (κ3) is 8.22. The van der Waals surface area contributed by atoms with E-state index < -0.39 is 59.7 Å². The number of primary amides is 1. The molecule has 11 nitrogen and oxygen atoms in total. The van der Waals surface area contributed by atoms with Crippen molar-refractivity contribution < 1.29 is 43.6 Å². The van der Waals surface area contributed by atoms with Crippen molar-refractivity contribution in [2.45, 2.75) is 65.0 Å². The Balaban J connectivity index is 2.59. The van der Waals surface area contributed by atoms with Crippen LogP contribution in [0, 0.1) is 11.8 Å². The van der Waals surface area contributed by atoms with E-state index in [1.165, 1.54) is 33.3 Å². The van der Waals surface area contributed by atoms with Crippen LogP contribution in [0.3, 0.4) is 0 Å². The van der Waals surface area contributed by atoms with Crippen LogP contribution >= 0.6 is 0 Å². The van der Waals surface area contributed by atoms with Gasteiger partial charge in [-0.15, -0.1) is 0 Å². The first kappa shape index (κ1) is 31.7. The molecule has 5 N–H and O–H groups in total. The van der Waals surface area contributed by atoms with Gasteiger partial charge in [-0.2, -0.15) is 0 Å². The molecule has 0 spiro atoms. The van der Waals surface area contributed by atoms with Crippen LogP contribution in [-0.4, -0.2) is 72.4 Å². The molecule has 2 aliphatic rings. The number of hydrogen-bond acceptors (Lipinski definition) is 9. The van der Waals surface area contributed by atoms with Gasteiger partial charge >= 0.3 is 6.09 Å². The predicted octanol–water partition coefficient (Wildman–Crippen LogP) is 2.32. The summed E-state index contributed by atoms with van der Waals surface area (Å²) in [6, 6.07) is 0. The summed E-state index contributed by atoms with van der Waals surface area (Å²) in [4.78, 5) is 49.4. The molecule has 1 heterocycles. The Kier molecular flexibility index (Phi) is 11.4. The molecule has 1 aliphatic heterocycles. The molecule has 0 fully saturated rings. The monoisotopic (exact) mass is 546 g/mol. The maximum atomic E-state index is 12.8. The molecule has 0 radical (unpaired) electrons. The largest absolute Gasteiger partial charge is 0.505 e. The molecule has 0 saturated carbocycles. The van der Waals surface area contributed by atoms with E-state index in [9.17, 15) is 29.4 Å². The maximum absolute atomic E-state index is 12.8. The highest BCUT2D eigenvalue weighted by Gasteiger charge is 2.33. The van der Waals surface area contributed by atoms with Gasteiger partial charge < -0.3 is 35.5 Å². The molecule has 0 aromatic carbocycles. The second-order valence-electron chi connectivity index (χ2n) is 9.90. The normalized spacial score (nSPS) is 33.3. The van der Waals surface area contributed by atoms with Crippen molar-refractivity contribution in [3.05, 3.63) is 58.6 Å². The minimum atomic E-state index is -1.01. The molecule has 2 amide bonds. The lowest BCUT2D eigenvalue weighted by molar-refractivity contribution is -0.132. The van der Waals surface area contributed by atoms with Crippen molar-refractivity contribution >= 4 is 23.6 Å². The lowest BCUT2D eigenvalue weighted by Crippen LogP contribution is -2.37. The number of carbonyl (C=O) groups is 4. The zero-order valence-electron chi connectivity index (χ0n) is 23.1. The maximum Gasteiger partial charge on any atom is 0.405 e. The average molecular weight is 547 g/mol. The molecule has 0 aromatic heterocycles. The van der Waals surface area contributed by atoms with Crippen molar-refractivity contribution in [3.63, 3.8) is 0 Å². The summed E-state index contributed by atoms with van der Waals surface area (Å²) in [7, 11) is 2.86. The SMILES string of the molecule is COC1CC(C)CC2=C(O)C(=CC(=O)C2=O)NC(=O)/C(C)=C\C=C\[C@@H](OC)[C@H](OC(N)=O)/C(C)=C/[C@@H](C)[C@@H]1O. The second kappa shape index (κ2) is 14.0. The number of allylic oxidation sites excluding steroid dienone is 4. The lowest BCUT2D eigenvalue weighted by atomic mass is 9.85. The zero-order chi connectivity index (χ0) is 29.4. The van der Waals surface area contributed by atoms with Crippen LogP contribution in [0.1, 0.15) is 40.5 Å². The topological polar surface area (TPSA) is 174 Å². The molecule has 0 aromatic rings. The van der Waals surface area contributed by atoms with Crippen LogP contribution < -0.4 is 11.1 Å². The second-order valence-corrected chi connectivity index (χ2v) is 9.90. The minimum Gasteiger partial charge on any atom is -0.505 e. The number of methoxy groups -OCH3 is 2. The fourth-order valence-electron chi connectivity index (χ4n) is 4.57. The van der Waals surface area contributed by atoms with E-state index in [4.69, 9.17) is 19.9 Å². The number of Topliss-reactive ketones (excluding diaryl/α,β-unsaturated/α-hetero) is 1. The van der Waals surface area contributed by atoms with Crippen molar-refractivity contribution in [3.8, 4) is 0 Å². The Morgan fingerprint density at radius 2 is 1.79 bits per heavy atom. The quantitative estimate of drug-likeness (QED) is 0.235. The van der Waals surface area contributed by atoms with Crippen molar-refractivity contribution in [2.24, 2.45) is 17.6 Å². The van der Waals surface area contributed by atoms with E-state index in [0.29, 0.717) is 5.57 Å². The number of hydrogen-bond donors (Lipinski definition) is 4. The number of fused-ring (bicyclic) bond motifs is 1. The molecule has 2 unspecified atom stereocenters. The molecule has 11 heteroatoms. The number of aliphatic hydroxyl groups excluding tert-OH is 2. The number of ketones is 2. The fraction of sp³-hybridized carbons (Fsp3) is 0.500. The van der Waals surface area contributed by atoms with Crippen LogP contribution in [0.5, 0.6) is 0 Å². The molecule has 2 rings (SSSR count). The van der Waals surface area contributed by atoms with Crippen molar-refractivity contribution in [1.82, 2.24) is 5.32 Å². The van der Waals surface area contributed by atoms with Crippen LogP contribution in [0.15, 0.2) is 58.6 Å². The molecule has 214 valence electrons. The molecule has 2 bridgehead atoms. The van der Waals surface area contributed by atoms with Gasteiger partial charge in [0.05, 0.1) is 17.9 Å². The van der Waals surface area contributed by atoms with Gasteiger partial charge in [-0.1, -0.05) is 38.2 Å². The van der Waals surface area contributed by atoms with E-state index in [0.717, 1.165) is 6.08 Å². The smallest absolute Gasteiger partial charge is 0.405 e. The van der Waals surface area contributed by atoms with Gasteiger partial charge in [0.15, 0.2) is 6.10 Å². The highest BCUT2D eigenvalue weighted by atomic mass is 16.6. The highest BCUT2D eigenvalue weighted by Crippen LogP contribution is 2.29. The summed E-state index contributed by atoms with van der Waals surface area (Å²) in [5.74, 6) is -3.58. The zero-order valence-corrected chi connectivity index (χ0v) is 23.1. The standard InChI is InChI=1S/C28H38N2O9/c1-14-10-18-24(33)19(13-20(31)25(18)34)30-27(35)15(2)8-7-9-21(37-5)26(39-28(29)36)17(4)12-16(3)23(32)22(11-14)38-6/h7-9,12-14,16,21-23,26,32-33H,10-11H2,1-6H3,(H2,29,36)(H,30,35)/b9-7+,15-8-,17-12+/t14?,16-,21-,22?,23+,26-/m1/s1. The summed E-state index contributed by atoms with van der Waals surface area (Å²) in [6.45, 7) is 6.79. The molecular formula is C28H38N2O9. The van der Waals surface area contributed by atoms with Crippen LogP contribution in [-0.2, 0) is 28.6 Å². The van der Waals surface area contributed by atoms with Gasteiger partial charge in [-0.3, -0.25) is 14.4 Å². The Morgan fingerprint density at radius 1 is 1.13 bits per heavy atom. The Bertz CT molecular complexity index is 1130. The van der Waals surface area contributed by atoms with Gasteiger partial charge in [-0.05, 0) is 38.2 Å². The summed E-state index contributed by atoms with van der Waals surface area (Å²) in [5.41, 5.74) is 5.79. The number of rotatable bonds is 3. The van der Waals surface area contributed by atoms with Gasteiger partial charge in [0.1, 0.15) is 11.9 Å². The Labute approximate surface area is 228 Å². The van der Waals surface area contributed by atoms with E-state index in [1.807, 2.05) is 0 Å². The summed E-state index contributed by atoms with van der Waals surface area (Å²) >= 11 is 0. The number of ether oxygens (including phenoxy) is 3. The first-order valence-corrected chi connectivity index (χ1v) is 12.6. The number of carbonyl (C=O) groups excluding carboxylic acids is 4. The fourth-order valence-corrected chi connectivity index (χ4v) is 4.57. The predicted molar refractivity (Wildman–Crippen MR) is 142 cm³/mol. The van der Waals surface area contributed by atoms with Gasteiger partial charge in [0.2, 0.25) is 11.6 Å². The van der Waals surface area contributed by atoms with Crippen LogP contribution in [0.2, 0.25) is 0 Å². The summed E-state index contributed by atoms with van der Waals surface area (Å²) < 4.78 is 16.4. The van der Waals surface area contributed by atoms with Crippen LogP contribution in [0.4, 0.5) is 4.79 Å². The summed E-state index contributed by atoms with van der Waals surface area (Å²) in [5, 5.41) is 24.3. The molecule has 39 heavy (non-hydrogen) atoms. The highest BCUT2D eigenvalue weighted by molar-refractivity contribution is 6.48. The minimum absolute atomic E-state index is 0.0149. The van der Waals surface area contributed by atoms with Crippen LogP contribution in [0.25, 0.3) is 0 Å². The Morgan fingerprint density at radius 3 is 2.38 bits per heavy atom. The van der Waals surface area contributed by atoms with Gasteiger partial charge in [0.25, 0.3) is 5.91 Å². The van der Waals surface area contributed by atoms with E-state index in [1.54, 1.807) is 32.9 Å². The molecular weight excluding hydrogens is 508 g/mol. The number of nitrogens with two attached hydrogens (primary N) is 1. The first-order valence-electron chi connectivity index (χ1n) is 12.6. The van der Waals surface area contributed by atoms with E-state index in [-0.39, 0.29) is 35.6 Å². The number of aliphatic hydroxyl groups is 2. The molecule has 1 aliphatic carbocycles. The number of nitrogens with one attached hydrogen (secondary N) is 1. The molecule has 0 saturated heterocycles. The Hall–Kier alpha value is -3.54. The van der Waals surface area contributed by atoms with Gasteiger partial charge in [-0.25, -0.2) is 4.79 Å². The molecule has 6 atom stereocenters. The lowest BCUT2D eigenvalue weighted by Gasteiger charge is -2.29. The average Bonchev–Trinajstić information content (AvgIpc) is 2.88. The third-order valence-electron chi connectivity index (χ3n) is 6.77. The third-order valence-corrected chi connectivity index (χ3v) is 6.77.